The van der Waals surface area contributed by atoms with E-state index in [2.05, 4.69) is 20.8 Å². The van der Waals surface area contributed by atoms with E-state index >= 15 is 0 Å². The topological polar surface area (TPSA) is 197 Å². The van der Waals surface area contributed by atoms with Crippen molar-refractivity contribution in [3.05, 3.63) is 16.9 Å². The predicted molar refractivity (Wildman–Crippen MR) is 149 cm³/mol. The molecule has 0 aromatic carbocycles. The van der Waals surface area contributed by atoms with Crippen molar-refractivity contribution in [2.45, 2.75) is 69.5 Å². The minimum absolute atomic E-state index is 0.0139. The van der Waals surface area contributed by atoms with Crippen LogP contribution >= 0.6 is 11.8 Å². The van der Waals surface area contributed by atoms with Gasteiger partial charge in [0.05, 0.1) is 24.6 Å². The van der Waals surface area contributed by atoms with Crippen molar-refractivity contribution in [2.24, 2.45) is 34.8 Å². The van der Waals surface area contributed by atoms with Crippen LogP contribution in [0.15, 0.2) is 16.9 Å². The van der Waals surface area contributed by atoms with Crippen LogP contribution in [0.2, 0.25) is 0 Å². The summed E-state index contributed by atoms with van der Waals surface area (Å²) < 4.78 is 1.34. The summed E-state index contributed by atoms with van der Waals surface area (Å²) in [6.45, 7) is 5.50. The molecule has 1 aromatic rings. The zero-order valence-corrected chi connectivity index (χ0v) is 24.6. The molecule has 15 heteroatoms. The molecule has 0 spiro atoms. The Hall–Kier alpha value is -2.88. The lowest BCUT2D eigenvalue weighted by Gasteiger charge is -2.47. The zero-order valence-electron chi connectivity index (χ0n) is 23.8. The quantitative estimate of drug-likeness (QED) is 0.240. The molecule has 1 saturated carbocycles. The summed E-state index contributed by atoms with van der Waals surface area (Å²) in [4.78, 5) is 55.6. The van der Waals surface area contributed by atoms with Crippen LogP contribution in [0.3, 0.4) is 0 Å². The fourth-order valence-corrected chi connectivity index (χ4v) is 9.58. The van der Waals surface area contributed by atoms with E-state index in [0.29, 0.717) is 31.0 Å². The van der Waals surface area contributed by atoms with E-state index in [1.165, 1.54) is 27.7 Å². The normalized spacial score (nSPS) is 36.3. The maximum absolute atomic E-state index is 13.4. The van der Waals surface area contributed by atoms with E-state index in [9.17, 15) is 29.4 Å². The number of rotatable bonds is 10. The maximum Gasteiger partial charge on any atom is 0.353 e. The first-order valence-electron chi connectivity index (χ1n) is 14.6. The van der Waals surface area contributed by atoms with Crippen LogP contribution in [0.25, 0.3) is 0 Å². The summed E-state index contributed by atoms with van der Waals surface area (Å²) in [5, 5.41) is 34.3. The van der Waals surface area contributed by atoms with Crippen LogP contribution in [-0.2, 0) is 25.7 Å². The van der Waals surface area contributed by atoms with Crippen LogP contribution in [-0.4, -0.2) is 113 Å². The molecule has 14 nitrogen and oxygen atoms in total. The Morgan fingerprint density at radius 3 is 2.76 bits per heavy atom. The number of nitrogens with zero attached hydrogens (tertiary/aromatic N) is 6. The Labute approximate surface area is 247 Å². The molecule has 9 atom stereocenters. The van der Waals surface area contributed by atoms with Crippen molar-refractivity contribution >= 4 is 35.3 Å². The van der Waals surface area contributed by atoms with E-state index in [1.54, 1.807) is 0 Å². The Morgan fingerprint density at radius 2 is 2.10 bits per heavy atom. The molecule has 4 fully saturated rings. The van der Waals surface area contributed by atoms with Gasteiger partial charge in [-0.05, 0) is 41.5 Å². The van der Waals surface area contributed by atoms with Gasteiger partial charge in [-0.1, -0.05) is 13.8 Å². The fraction of sp³-hybridized carbons (Fsp3) is 0.741. The maximum atomic E-state index is 13.4. The third-order valence-corrected chi connectivity index (χ3v) is 11.6. The number of fused-ring (bicyclic) bond motifs is 2. The van der Waals surface area contributed by atoms with Crippen molar-refractivity contribution in [3.63, 3.8) is 0 Å². The molecule has 1 aromatic heterocycles. The smallest absolute Gasteiger partial charge is 0.353 e. The Morgan fingerprint density at radius 1 is 1.31 bits per heavy atom. The number of tetrazole rings is 1. The number of likely N-dealkylation sites (tertiary alicyclic amines) is 1. The molecule has 1 aliphatic carbocycles. The van der Waals surface area contributed by atoms with E-state index in [1.807, 2.05) is 18.7 Å². The Balaban J connectivity index is 1.09. The number of carboxylic acid groups (broad SMARTS) is 1. The Bertz CT molecular complexity index is 1310. The molecule has 42 heavy (non-hydrogen) atoms. The number of aliphatic hydroxyl groups is 1. The van der Waals surface area contributed by atoms with Gasteiger partial charge in [0.25, 0.3) is 0 Å². The van der Waals surface area contributed by atoms with E-state index < -0.39 is 11.9 Å². The van der Waals surface area contributed by atoms with Crippen LogP contribution in [0.5, 0.6) is 0 Å². The number of carbonyl (C=O) groups is 4. The minimum Gasteiger partial charge on any atom is -0.477 e. The highest BCUT2D eigenvalue weighted by Crippen LogP contribution is 2.53. The molecule has 5 aliphatic rings. The highest BCUT2D eigenvalue weighted by molar-refractivity contribution is 8.03. The minimum atomic E-state index is -1.14. The van der Waals surface area contributed by atoms with Crippen molar-refractivity contribution in [1.29, 1.82) is 0 Å². The number of aliphatic hydroxyl groups excluding tert-OH is 1. The summed E-state index contributed by atoms with van der Waals surface area (Å²) in [6, 6.07) is -0.638. The second-order valence-electron chi connectivity index (χ2n) is 12.8. The summed E-state index contributed by atoms with van der Waals surface area (Å²) in [5.74, 6) is -2.22. The van der Waals surface area contributed by atoms with Crippen LogP contribution in [0, 0.1) is 29.1 Å². The number of Topliss-reactive ketones (excluding diaryl/α,β-unsaturated/α-hetero) is 1. The Kier molecular flexibility index (Phi) is 7.64. The predicted octanol–water partition coefficient (Wildman–Crippen LogP) is -0.937. The number of aliphatic carboxylic acids is 1. The van der Waals surface area contributed by atoms with Crippen LogP contribution in [0.1, 0.15) is 39.5 Å². The number of hydrogen-bond acceptors (Lipinski definition) is 11. The van der Waals surface area contributed by atoms with Gasteiger partial charge in [-0.25, -0.2) is 9.48 Å². The van der Waals surface area contributed by atoms with Gasteiger partial charge in [0.15, 0.2) is 5.78 Å². The molecule has 5 N–H and O–H groups in total. The van der Waals surface area contributed by atoms with Crippen LogP contribution in [0.4, 0.5) is 0 Å². The molecule has 0 unspecified atom stereocenters. The highest BCUT2D eigenvalue weighted by atomic mass is 32.2. The second kappa shape index (κ2) is 11.0. The molecule has 0 bridgehead atoms. The summed E-state index contributed by atoms with van der Waals surface area (Å²) in [6.07, 6.45) is 3.60. The average molecular weight is 603 g/mol. The molecule has 228 valence electrons. The first-order chi connectivity index (χ1) is 20.0. The van der Waals surface area contributed by atoms with E-state index in [0.717, 1.165) is 12.8 Å². The molecular formula is C27H38N8O6S. The van der Waals surface area contributed by atoms with Gasteiger partial charge in [-0.3, -0.25) is 14.4 Å². The number of carbonyl (C=O) groups excluding carboxylic acids is 3. The summed E-state index contributed by atoms with van der Waals surface area (Å²) in [5.41, 5.74) is 5.86. The fourth-order valence-electron chi connectivity index (χ4n) is 8.10. The second-order valence-corrected chi connectivity index (χ2v) is 14.2. The van der Waals surface area contributed by atoms with Gasteiger partial charge in [0.2, 0.25) is 11.8 Å². The highest BCUT2D eigenvalue weighted by Gasteiger charge is 2.60. The van der Waals surface area contributed by atoms with Gasteiger partial charge in [-0.15, -0.1) is 16.9 Å². The largest absolute Gasteiger partial charge is 0.477 e. The number of nitrogens with one attached hydrogen (secondary N) is 1. The molecule has 3 saturated heterocycles. The number of aromatic nitrogens is 4. The third-order valence-electron chi connectivity index (χ3n) is 10.1. The molecule has 0 radical (unpaired) electrons. The lowest BCUT2D eigenvalue weighted by molar-refractivity contribution is -0.160. The molecule has 4 aliphatic heterocycles. The third kappa shape index (κ3) is 4.83. The molecule has 6 rings (SSSR count). The lowest BCUT2D eigenvalue weighted by atomic mass is 9.73. The van der Waals surface area contributed by atoms with Crippen molar-refractivity contribution < 1.29 is 29.4 Å². The van der Waals surface area contributed by atoms with E-state index in [4.69, 9.17) is 5.73 Å². The number of carboxylic acids is 1. The standard InChI is InChI=1S/C27H38N8O6S/c1-13(3-17(37)9-34-12-30-31-32-34)20-21-14(2)23(22(26(40)41)35(21)25(20)39)42-18-5-19(29-7-18)24(38)33-8-15-4-16(28)6-27(15,10-33)11-36/h12-16,18-21,29,36H,3-11,28H2,1-2H3,(H,40,41)/t13-,14+,15+,16-,18-,19-,20+,21+,27-/m0/s1. The van der Waals surface area contributed by atoms with Gasteiger partial charge in [0, 0.05) is 53.6 Å². The van der Waals surface area contributed by atoms with E-state index in [-0.39, 0.29) is 89.4 Å². The number of β-lactam (4-membered cyclic amide) rings is 1. The summed E-state index contributed by atoms with van der Waals surface area (Å²) in [7, 11) is 0. The average Bonchev–Trinajstić information content (AvgIpc) is 3.74. The van der Waals surface area contributed by atoms with Crippen molar-refractivity contribution in [2.75, 3.05) is 26.2 Å². The first-order valence-corrected chi connectivity index (χ1v) is 15.5. The van der Waals surface area contributed by atoms with Crippen LogP contribution < -0.4 is 11.1 Å². The zero-order chi connectivity index (χ0) is 29.9. The molecule has 2 amide bonds. The summed E-state index contributed by atoms with van der Waals surface area (Å²) >= 11 is 1.45. The monoisotopic (exact) mass is 602 g/mol. The van der Waals surface area contributed by atoms with Gasteiger partial charge >= 0.3 is 5.97 Å². The number of ketones is 1. The van der Waals surface area contributed by atoms with Gasteiger partial charge in [-0.2, -0.15) is 0 Å². The van der Waals surface area contributed by atoms with Crippen molar-refractivity contribution in [3.8, 4) is 0 Å². The van der Waals surface area contributed by atoms with Gasteiger partial charge in [0.1, 0.15) is 18.6 Å². The number of hydrogen-bond donors (Lipinski definition) is 4. The number of amides is 2. The van der Waals surface area contributed by atoms with Gasteiger partial charge < -0.3 is 31.1 Å². The lowest BCUT2D eigenvalue weighted by Crippen LogP contribution is -2.62. The SMILES string of the molecule is C[C@@H](CC(=O)Cn1cnnn1)[C@H]1C(=O)N2C(C(=O)O)=C(S[C@@H]3CN[C@H](C(=O)N4C[C@H]5C[C@H](N)C[C@@]5(CO)C4)C3)[C@H](C)[C@H]12. The molecule has 5 heterocycles. The molecular weight excluding hydrogens is 564 g/mol. The number of nitrogens with two attached hydrogens (primary N) is 1. The van der Waals surface area contributed by atoms with Crippen molar-refractivity contribution in [1.82, 2.24) is 35.3 Å². The number of thioether (sulfide) groups is 1. The first kappa shape index (κ1) is 29.2.